The van der Waals surface area contributed by atoms with Crippen molar-refractivity contribution in [3.05, 3.63) is 18.0 Å². The predicted octanol–water partition coefficient (Wildman–Crippen LogP) is 1.89. The minimum atomic E-state index is -0.264. The van der Waals surface area contributed by atoms with Crippen molar-refractivity contribution in [3.8, 4) is 11.8 Å². The molecule has 6 nitrogen and oxygen atoms in total. The van der Waals surface area contributed by atoms with Gasteiger partial charge in [0.1, 0.15) is 0 Å². The van der Waals surface area contributed by atoms with Gasteiger partial charge in [-0.1, -0.05) is 5.92 Å². The number of aryl methyl sites for hydroxylation is 1. The van der Waals surface area contributed by atoms with Crippen molar-refractivity contribution in [1.29, 1.82) is 0 Å². The molecule has 1 aliphatic rings. The van der Waals surface area contributed by atoms with Crippen LogP contribution in [0.5, 0.6) is 0 Å². The number of rotatable bonds is 4. The van der Waals surface area contributed by atoms with E-state index in [1.807, 2.05) is 45.8 Å². The highest BCUT2D eigenvalue weighted by Crippen LogP contribution is 2.35. The lowest BCUT2D eigenvalue weighted by molar-refractivity contribution is -0.138. The molecule has 0 aromatic carbocycles. The zero-order chi connectivity index (χ0) is 18.6. The number of hydrogen-bond acceptors (Lipinski definition) is 3. The van der Waals surface area contributed by atoms with Crippen LogP contribution in [0.2, 0.25) is 0 Å². The first-order valence-corrected chi connectivity index (χ1v) is 8.80. The number of amides is 2. The van der Waals surface area contributed by atoms with Crippen LogP contribution in [0.1, 0.15) is 52.1 Å². The molecule has 0 bridgehead atoms. The Morgan fingerprint density at radius 2 is 2.16 bits per heavy atom. The molecular formula is C19H28N4O2. The maximum atomic E-state index is 12.3. The zero-order valence-electron chi connectivity index (χ0n) is 15.8. The van der Waals surface area contributed by atoms with E-state index in [9.17, 15) is 9.59 Å². The Bertz CT molecular complexity index is 690. The lowest BCUT2D eigenvalue weighted by Crippen LogP contribution is -2.46. The summed E-state index contributed by atoms with van der Waals surface area (Å²) >= 11 is 0. The minimum absolute atomic E-state index is 0.0594. The Morgan fingerprint density at radius 3 is 2.72 bits per heavy atom. The summed E-state index contributed by atoms with van der Waals surface area (Å²) in [7, 11) is 1.86. The molecule has 0 spiro atoms. The molecule has 0 saturated carbocycles. The Labute approximate surface area is 150 Å². The van der Waals surface area contributed by atoms with Gasteiger partial charge in [-0.3, -0.25) is 14.3 Å². The molecule has 1 N–H and O–H groups in total. The van der Waals surface area contributed by atoms with Crippen molar-refractivity contribution >= 4 is 11.8 Å². The van der Waals surface area contributed by atoms with Crippen LogP contribution in [0.25, 0.3) is 0 Å². The molecule has 1 aromatic rings. The van der Waals surface area contributed by atoms with Gasteiger partial charge in [0.05, 0.1) is 12.2 Å². The van der Waals surface area contributed by atoms with E-state index in [2.05, 4.69) is 22.3 Å². The normalized spacial score (nSPS) is 20.8. The van der Waals surface area contributed by atoms with Crippen molar-refractivity contribution in [2.75, 3.05) is 13.1 Å². The number of hydrogen-bond donors (Lipinski definition) is 1. The number of carbonyl (C=O) groups excluding carboxylic acids is 2. The number of aromatic nitrogens is 2. The Kier molecular flexibility index (Phi) is 5.89. The van der Waals surface area contributed by atoms with Crippen LogP contribution in [-0.4, -0.2) is 39.6 Å². The molecule has 2 amide bonds. The lowest BCUT2D eigenvalue weighted by atomic mass is 9.85. The monoisotopic (exact) mass is 344 g/mol. The van der Waals surface area contributed by atoms with Gasteiger partial charge in [0.2, 0.25) is 5.91 Å². The molecule has 6 heteroatoms. The van der Waals surface area contributed by atoms with Gasteiger partial charge in [-0.15, -0.1) is 0 Å². The van der Waals surface area contributed by atoms with E-state index in [4.69, 9.17) is 0 Å². The Balaban J connectivity index is 2.12. The van der Waals surface area contributed by atoms with E-state index >= 15 is 0 Å². The van der Waals surface area contributed by atoms with E-state index < -0.39 is 0 Å². The Hall–Kier alpha value is -2.29. The number of nitrogens with one attached hydrogen (secondary N) is 1. The summed E-state index contributed by atoms with van der Waals surface area (Å²) < 4.78 is 1.74. The van der Waals surface area contributed by atoms with Crippen LogP contribution in [-0.2, 0) is 16.6 Å². The molecule has 1 saturated heterocycles. The summed E-state index contributed by atoms with van der Waals surface area (Å²) in [6.07, 6.45) is 5.01. The average molecular weight is 344 g/mol. The number of nitrogens with zero attached hydrogens (tertiary/aromatic N) is 3. The quantitative estimate of drug-likeness (QED) is 0.848. The maximum Gasteiger partial charge on any atom is 0.295 e. The molecule has 0 radical (unpaired) electrons. The van der Waals surface area contributed by atoms with Crippen LogP contribution in [0, 0.1) is 23.2 Å². The Morgan fingerprint density at radius 1 is 1.44 bits per heavy atom. The van der Waals surface area contributed by atoms with E-state index in [1.165, 1.54) is 0 Å². The summed E-state index contributed by atoms with van der Waals surface area (Å²) in [5, 5.41) is 7.15. The third kappa shape index (κ3) is 5.09. The molecular weight excluding hydrogens is 316 g/mol. The van der Waals surface area contributed by atoms with Gasteiger partial charge in [-0.25, -0.2) is 0 Å². The highest BCUT2D eigenvalue weighted by molar-refractivity contribution is 5.93. The second-order valence-electron chi connectivity index (χ2n) is 7.58. The van der Waals surface area contributed by atoms with Crippen LogP contribution in [0.15, 0.2) is 12.4 Å². The van der Waals surface area contributed by atoms with Gasteiger partial charge < -0.3 is 10.2 Å². The first kappa shape index (κ1) is 19.0. The van der Waals surface area contributed by atoms with Gasteiger partial charge in [-0.05, 0) is 40.0 Å². The van der Waals surface area contributed by atoms with E-state index in [-0.39, 0.29) is 29.2 Å². The highest BCUT2D eigenvalue weighted by atomic mass is 16.2. The smallest absolute Gasteiger partial charge is 0.295 e. The molecule has 0 aliphatic carbocycles. The molecule has 136 valence electrons. The average Bonchev–Trinajstić information content (AvgIpc) is 2.96. The van der Waals surface area contributed by atoms with Crippen molar-refractivity contribution in [3.63, 3.8) is 0 Å². The van der Waals surface area contributed by atoms with Gasteiger partial charge in [-0.2, -0.15) is 5.10 Å². The molecule has 1 fully saturated rings. The third-order valence-corrected chi connectivity index (χ3v) is 4.31. The van der Waals surface area contributed by atoms with Crippen LogP contribution < -0.4 is 5.32 Å². The lowest BCUT2D eigenvalue weighted by Gasteiger charge is -2.40. The van der Waals surface area contributed by atoms with E-state index in [0.717, 1.165) is 12.0 Å². The SMILES string of the molecule is CCN1C(=O)CC[C@H](CNC(=O)C#CC(C)(C)C)[C@H]1c1cnn(C)c1. The summed E-state index contributed by atoms with van der Waals surface area (Å²) in [5.74, 6) is 5.65. The van der Waals surface area contributed by atoms with E-state index in [1.54, 1.807) is 10.9 Å². The van der Waals surface area contributed by atoms with Crippen molar-refractivity contribution in [2.24, 2.45) is 18.4 Å². The molecule has 2 rings (SSSR count). The molecule has 1 aromatic heterocycles. The fraction of sp³-hybridized carbons (Fsp3) is 0.632. The number of likely N-dealkylation sites (tertiary alicyclic amines) is 1. The van der Waals surface area contributed by atoms with Crippen molar-refractivity contribution in [1.82, 2.24) is 20.0 Å². The topological polar surface area (TPSA) is 67.2 Å². The van der Waals surface area contributed by atoms with Gasteiger partial charge in [0.15, 0.2) is 0 Å². The maximum absolute atomic E-state index is 12.3. The zero-order valence-corrected chi connectivity index (χ0v) is 15.8. The van der Waals surface area contributed by atoms with Gasteiger partial charge in [0, 0.05) is 49.7 Å². The van der Waals surface area contributed by atoms with Crippen LogP contribution >= 0.6 is 0 Å². The highest BCUT2D eigenvalue weighted by Gasteiger charge is 2.36. The summed E-state index contributed by atoms with van der Waals surface area (Å²) in [5.41, 5.74) is 0.809. The van der Waals surface area contributed by atoms with Gasteiger partial charge in [0.25, 0.3) is 5.91 Å². The molecule has 25 heavy (non-hydrogen) atoms. The minimum Gasteiger partial charge on any atom is -0.345 e. The number of carbonyl (C=O) groups is 2. The largest absolute Gasteiger partial charge is 0.345 e. The number of piperidine rings is 1. The first-order valence-electron chi connectivity index (χ1n) is 8.80. The summed E-state index contributed by atoms with van der Waals surface area (Å²) in [4.78, 5) is 26.2. The molecule has 1 aliphatic heterocycles. The van der Waals surface area contributed by atoms with Gasteiger partial charge >= 0.3 is 0 Å². The first-order chi connectivity index (χ1) is 11.7. The van der Waals surface area contributed by atoms with Crippen molar-refractivity contribution in [2.45, 2.75) is 46.6 Å². The van der Waals surface area contributed by atoms with Crippen molar-refractivity contribution < 1.29 is 9.59 Å². The van der Waals surface area contributed by atoms with E-state index in [0.29, 0.717) is 19.5 Å². The van der Waals surface area contributed by atoms with Crippen LogP contribution in [0.3, 0.4) is 0 Å². The second kappa shape index (κ2) is 7.73. The molecule has 0 unspecified atom stereocenters. The standard InChI is InChI=1S/C19H28N4O2/c1-6-23-17(25)8-7-14(18(23)15-12-21-22(5)13-15)11-20-16(24)9-10-19(2,3)4/h12-14,18H,6-8,11H2,1-5H3,(H,20,24)/t14-,18+/m1/s1. The molecule has 2 heterocycles. The summed E-state index contributed by atoms with van der Waals surface area (Å²) in [6, 6.07) is -0.0594. The van der Waals surface area contributed by atoms with Crippen LogP contribution in [0.4, 0.5) is 0 Å². The third-order valence-electron chi connectivity index (χ3n) is 4.31. The summed E-state index contributed by atoms with van der Waals surface area (Å²) in [6.45, 7) is 9.04. The second-order valence-corrected chi connectivity index (χ2v) is 7.58. The predicted molar refractivity (Wildman–Crippen MR) is 96.3 cm³/mol. The fourth-order valence-corrected chi connectivity index (χ4v) is 3.16. The fourth-order valence-electron chi connectivity index (χ4n) is 3.16. The molecule has 2 atom stereocenters.